The minimum atomic E-state index is -0.554. The van der Waals surface area contributed by atoms with Crippen LogP contribution in [0.3, 0.4) is 0 Å². The van der Waals surface area contributed by atoms with Gasteiger partial charge in [0.2, 0.25) is 0 Å². The molecule has 0 aliphatic rings. The van der Waals surface area contributed by atoms with Crippen molar-refractivity contribution in [1.82, 2.24) is 5.43 Å². The number of benzene rings is 2. The molecule has 0 aromatic heterocycles. The predicted octanol–water partition coefficient (Wildman–Crippen LogP) is 2.68. The summed E-state index contributed by atoms with van der Waals surface area (Å²) in [5.41, 5.74) is 3.45. The van der Waals surface area contributed by atoms with E-state index in [4.69, 9.17) is 9.47 Å². The number of rotatable bonds is 6. The number of nitrogens with one attached hydrogen (secondary N) is 1. The molecule has 130 valence electrons. The van der Waals surface area contributed by atoms with Gasteiger partial charge in [-0.1, -0.05) is 6.07 Å². The molecule has 0 aliphatic carbocycles. The molecule has 0 heterocycles. The highest BCUT2D eigenvalue weighted by molar-refractivity contribution is 5.95. The molecule has 0 saturated heterocycles. The monoisotopic (exact) mass is 343 g/mol. The summed E-state index contributed by atoms with van der Waals surface area (Å²) in [5, 5.41) is 14.8. The van der Waals surface area contributed by atoms with Gasteiger partial charge in [-0.25, -0.2) is 5.43 Å². The first-order valence-electron chi connectivity index (χ1n) is 7.26. The third-order valence-electron chi connectivity index (χ3n) is 3.47. The number of methoxy groups -OCH3 is 2. The van der Waals surface area contributed by atoms with E-state index < -0.39 is 10.8 Å². The summed E-state index contributed by atoms with van der Waals surface area (Å²) < 4.78 is 10.3. The Hall–Kier alpha value is -3.42. The van der Waals surface area contributed by atoms with E-state index in [1.165, 1.54) is 38.6 Å². The summed E-state index contributed by atoms with van der Waals surface area (Å²) in [7, 11) is 3.05. The highest BCUT2D eigenvalue weighted by atomic mass is 16.6. The van der Waals surface area contributed by atoms with Crippen LogP contribution in [0, 0.1) is 17.0 Å². The van der Waals surface area contributed by atoms with Gasteiger partial charge in [0, 0.05) is 22.8 Å². The Morgan fingerprint density at radius 2 is 1.96 bits per heavy atom. The van der Waals surface area contributed by atoms with E-state index >= 15 is 0 Å². The molecule has 0 spiro atoms. The first kappa shape index (κ1) is 17.9. The topological polar surface area (TPSA) is 103 Å². The fourth-order valence-electron chi connectivity index (χ4n) is 2.11. The number of hydrazone groups is 1. The van der Waals surface area contributed by atoms with Gasteiger partial charge in [-0.05, 0) is 31.2 Å². The van der Waals surface area contributed by atoms with Crippen LogP contribution in [0.25, 0.3) is 0 Å². The second kappa shape index (κ2) is 7.91. The van der Waals surface area contributed by atoms with Crippen molar-refractivity contribution in [1.29, 1.82) is 0 Å². The lowest BCUT2D eigenvalue weighted by atomic mass is 10.1. The number of carbonyl (C=O) groups excluding carboxylic acids is 1. The van der Waals surface area contributed by atoms with Crippen molar-refractivity contribution in [2.24, 2.45) is 5.10 Å². The molecule has 0 saturated carbocycles. The van der Waals surface area contributed by atoms with Crippen molar-refractivity contribution in [3.8, 4) is 11.5 Å². The van der Waals surface area contributed by atoms with Crippen molar-refractivity contribution in [3.63, 3.8) is 0 Å². The maximum Gasteiger partial charge on any atom is 0.273 e. The molecule has 0 atom stereocenters. The molecule has 2 aromatic rings. The van der Waals surface area contributed by atoms with Crippen LogP contribution in [0.15, 0.2) is 41.5 Å². The SMILES string of the molecule is COc1ccc(OC)c(/C=N\NC(=O)c2ccc(C)c([N+](=O)[O-])c2)c1. The normalized spacial score (nSPS) is 10.5. The van der Waals surface area contributed by atoms with E-state index in [1.54, 1.807) is 25.1 Å². The quantitative estimate of drug-likeness (QED) is 0.493. The zero-order valence-corrected chi connectivity index (χ0v) is 14.0. The van der Waals surface area contributed by atoms with Crippen molar-refractivity contribution >= 4 is 17.8 Å². The lowest BCUT2D eigenvalue weighted by molar-refractivity contribution is -0.385. The summed E-state index contributed by atoms with van der Waals surface area (Å²) in [6.07, 6.45) is 1.40. The average molecular weight is 343 g/mol. The van der Waals surface area contributed by atoms with Crippen molar-refractivity contribution in [2.45, 2.75) is 6.92 Å². The number of hydrogen-bond acceptors (Lipinski definition) is 6. The molecule has 1 amide bonds. The van der Waals surface area contributed by atoms with Crippen LogP contribution in [0.5, 0.6) is 11.5 Å². The minimum Gasteiger partial charge on any atom is -0.497 e. The molecule has 2 aromatic carbocycles. The van der Waals surface area contributed by atoms with E-state index in [1.807, 2.05) is 0 Å². The van der Waals surface area contributed by atoms with Crippen LogP contribution in [-0.2, 0) is 0 Å². The molecule has 0 bridgehead atoms. The van der Waals surface area contributed by atoms with E-state index in [-0.39, 0.29) is 11.3 Å². The summed E-state index contributed by atoms with van der Waals surface area (Å²) in [6, 6.07) is 9.38. The average Bonchev–Trinajstić information content (AvgIpc) is 2.61. The highest BCUT2D eigenvalue weighted by Crippen LogP contribution is 2.22. The molecule has 0 radical (unpaired) electrons. The summed E-state index contributed by atoms with van der Waals surface area (Å²) in [4.78, 5) is 22.5. The zero-order valence-electron chi connectivity index (χ0n) is 14.0. The Morgan fingerprint density at radius 3 is 2.60 bits per heavy atom. The second-order valence-electron chi connectivity index (χ2n) is 5.07. The largest absolute Gasteiger partial charge is 0.497 e. The Balaban J connectivity index is 2.16. The first-order chi connectivity index (χ1) is 12.0. The van der Waals surface area contributed by atoms with Crippen molar-refractivity contribution in [3.05, 3.63) is 63.2 Å². The molecular formula is C17H17N3O5. The standard InChI is InChI=1S/C17H17N3O5/c1-11-4-5-12(9-15(11)20(22)23)17(21)19-18-10-13-8-14(24-2)6-7-16(13)25-3/h4-10H,1-3H3,(H,19,21)/b18-10-. The third-order valence-corrected chi connectivity index (χ3v) is 3.47. The molecular weight excluding hydrogens is 326 g/mol. The van der Waals surface area contributed by atoms with Crippen LogP contribution in [-0.4, -0.2) is 31.3 Å². The number of aryl methyl sites for hydroxylation is 1. The van der Waals surface area contributed by atoms with E-state index in [9.17, 15) is 14.9 Å². The fraction of sp³-hybridized carbons (Fsp3) is 0.176. The van der Waals surface area contributed by atoms with Gasteiger partial charge < -0.3 is 9.47 Å². The number of nitrogens with zero attached hydrogens (tertiary/aromatic N) is 2. The minimum absolute atomic E-state index is 0.119. The molecule has 2 rings (SSSR count). The lowest BCUT2D eigenvalue weighted by Crippen LogP contribution is -2.18. The van der Waals surface area contributed by atoms with Crippen LogP contribution in [0.4, 0.5) is 5.69 Å². The van der Waals surface area contributed by atoms with Crippen molar-refractivity contribution in [2.75, 3.05) is 14.2 Å². The Bertz CT molecular complexity index is 833. The molecule has 1 N–H and O–H groups in total. The summed E-state index contributed by atoms with van der Waals surface area (Å²) in [5.74, 6) is 0.619. The maximum atomic E-state index is 12.1. The van der Waals surface area contributed by atoms with Crippen LogP contribution < -0.4 is 14.9 Å². The Labute approximate surface area is 144 Å². The first-order valence-corrected chi connectivity index (χ1v) is 7.26. The number of hydrogen-bond donors (Lipinski definition) is 1. The zero-order chi connectivity index (χ0) is 18.4. The van der Waals surface area contributed by atoms with Gasteiger partial charge in [-0.15, -0.1) is 0 Å². The second-order valence-corrected chi connectivity index (χ2v) is 5.07. The van der Waals surface area contributed by atoms with Gasteiger partial charge >= 0.3 is 0 Å². The van der Waals surface area contributed by atoms with Gasteiger partial charge in [-0.3, -0.25) is 14.9 Å². The van der Waals surface area contributed by atoms with Gasteiger partial charge in [0.25, 0.3) is 11.6 Å². The summed E-state index contributed by atoms with van der Waals surface area (Å²) >= 11 is 0. The molecule has 8 heteroatoms. The van der Waals surface area contributed by atoms with E-state index in [0.717, 1.165) is 0 Å². The van der Waals surface area contributed by atoms with Gasteiger partial charge in [0.15, 0.2) is 0 Å². The van der Waals surface area contributed by atoms with Gasteiger partial charge in [0.1, 0.15) is 11.5 Å². The number of nitro groups is 1. The predicted molar refractivity (Wildman–Crippen MR) is 92.4 cm³/mol. The molecule has 25 heavy (non-hydrogen) atoms. The highest BCUT2D eigenvalue weighted by Gasteiger charge is 2.14. The number of nitro benzene ring substituents is 1. The Kier molecular flexibility index (Phi) is 5.67. The third kappa shape index (κ3) is 4.31. The number of amides is 1. The van der Waals surface area contributed by atoms with Crippen LogP contribution >= 0.6 is 0 Å². The smallest absolute Gasteiger partial charge is 0.273 e. The molecule has 0 unspecified atom stereocenters. The number of carbonyl (C=O) groups is 1. The maximum absolute atomic E-state index is 12.1. The van der Waals surface area contributed by atoms with Crippen LogP contribution in [0.1, 0.15) is 21.5 Å². The Morgan fingerprint density at radius 1 is 1.20 bits per heavy atom. The molecule has 8 nitrogen and oxygen atoms in total. The van der Waals surface area contributed by atoms with E-state index in [0.29, 0.717) is 22.6 Å². The fourth-order valence-corrected chi connectivity index (χ4v) is 2.11. The lowest BCUT2D eigenvalue weighted by Gasteiger charge is -2.07. The molecule has 0 fully saturated rings. The molecule has 0 aliphatic heterocycles. The van der Waals surface area contributed by atoms with Crippen molar-refractivity contribution < 1.29 is 19.2 Å². The number of ether oxygens (including phenoxy) is 2. The van der Waals surface area contributed by atoms with Gasteiger partial charge in [-0.2, -0.15) is 5.10 Å². The van der Waals surface area contributed by atoms with E-state index in [2.05, 4.69) is 10.5 Å². The summed E-state index contributed by atoms with van der Waals surface area (Å²) in [6.45, 7) is 1.60. The van der Waals surface area contributed by atoms with Gasteiger partial charge in [0.05, 0.1) is 25.4 Å². The van der Waals surface area contributed by atoms with Crippen LogP contribution in [0.2, 0.25) is 0 Å².